The van der Waals surface area contributed by atoms with Crippen LogP contribution in [-0.4, -0.2) is 13.0 Å². The summed E-state index contributed by atoms with van der Waals surface area (Å²) in [6.07, 6.45) is 12.8. The SMILES string of the molecule is CCCC/C=C(/C#CC1CCCCC1)B(OC(C)C)C(C)(C)C(C)C. The van der Waals surface area contributed by atoms with Crippen LogP contribution >= 0.6 is 0 Å². The van der Waals surface area contributed by atoms with E-state index in [9.17, 15) is 0 Å². The van der Waals surface area contributed by atoms with E-state index >= 15 is 0 Å². The van der Waals surface area contributed by atoms with Gasteiger partial charge in [-0.15, -0.1) is 0 Å². The first-order valence-corrected chi connectivity index (χ1v) is 10.7. The molecule has 0 heterocycles. The van der Waals surface area contributed by atoms with Crippen LogP contribution < -0.4 is 0 Å². The first-order valence-electron chi connectivity index (χ1n) is 10.7. The maximum absolute atomic E-state index is 6.44. The van der Waals surface area contributed by atoms with E-state index in [1.54, 1.807) is 0 Å². The summed E-state index contributed by atoms with van der Waals surface area (Å²) in [5.41, 5.74) is 1.23. The molecule has 1 nitrogen and oxygen atoms in total. The van der Waals surface area contributed by atoms with Crippen LogP contribution in [0.4, 0.5) is 0 Å². The maximum Gasteiger partial charge on any atom is 0.341 e. The molecule has 1 fully saturated rings. The van der Waals surface area contributed by atoms with Gasteiger partial charge in [-0.3, -0.25) is 0 Å². The summed E-state index contributed by atoms with van der Waals surface area (Å²) < 4.78 is 6.44. The minimum atomic E-state index is 0.0730. The van der Waals surface area contributed by atoms with Crippen molar-refractivity contribution in [3.63, 3.8) is 0 Å². The van der Waals surface area contributed by atoms with Gasteiger partial charge in [0.2, 0.25) is 0 Å². The Bertz CT molecular complexity index is 458. The highest BCUT2D eigenvalue weighted by Crippen LogP contribution is 2.41. The van der Waals surface area contributed by atoms with E-state index in [1.807, 2.05) is 0 Å². The van der Waals surface area contributed by atoms with Crippen molar-refractivity contribution < 1.29 is 4.65 Å². The van der Waals surface area contributed by atoms with E-state index in [4.69, 9.17) is 4.65 Å². The van der Waals surface area contributed by atoms with Crippen LogP contribution in [-0.2, 0) is 4.65 Å². The fraction of sp³-hybridized carbons (Fsp3) is 0.826. The number of hydrogen-bond acceptors (Lipinski definition) is 1. The number of hydrogen-bond donors (Lipinski definition) is 0. The summed E-state index contributed by atoms with van der Waals surface area (Å²) in [7, 11) is 0. The number of unbranched alkanes of at least 4 members (excludes halogenated alkanes) is 2. The molecule has 0 amide bonds. The molecule has 0 bridgehead atoms. The van der Waals surface area contributed by atoms with E-state index in [0.717, 1.165) is 6.42 Å². The van der Waals surface area contributed by atoms with Gasteiger partial charge in [0, 0.05) is 12.0 Å². The van der Waals surface area contributed by atoms with Crippen molar-refractivity contribution >= 4 is 6.92 Å². The second-order valence-electron chi connectivity index (χ2n) is 8.95. The molecule has 0 atom stereocenters. The molecular formula is C23H41BO. The van der Waals surface area contributed by atoms with E-state index in [0.29, 0.717) is 11.8 Å². The summed E-state index contributed by atoms with van der Waals surface area (Å²) in [6.45, 7) is 15.9. The minimum Gasteiger partial charge on any atom is -0.428 e. The van der Waals surface area contributed by atoms with Crippen molar-refractivity contribution in [2.45, 2.75) is 111 Å². The Hall–Kier alpha value is -0.675. The molecule has 0 aromatic heterocycles. The number of allylic oxidation sites excluding steroid dienone is 2. The molecule has 25 heavy (non-hydrogen) atoms. The predicted molar refractivity (Wildman–Crippen MR) is 113 cm³/mol. The first-order chi connectivity index (χ1) is 11.8. The van der Waals surface area contributed by atoms with E-state index in [1.165, 1.54) is 50.4 Å². The summed E-state index contributed by atoms with van der Waals surface area (Å²) in [4.78, 5) is 0. The highest BCUT2D eigenvalue weighted by molar-refractivity contribution is 6.65. The molecule has 1 saturated carbocycles. The monoisotopic (exact) mass is 344 g/mol. The highest BCUT2D eigenvalue weighted by atomic mass is 16.4. The lowest BCUT2D eigenvalue weighted by atomic mass is 9.39. The molecule has 0 spiro atoms. The average molecular weight is 344 g/mol. The van der Waals surface area contributed by atoms with Gasteiger partial charge >= 0.3 is 6.92 Å². The Labute approximate surface area is 158 Å². The lowest BCUT2D eigenvalue weighted by molar-refractivity contribution is 0.223. The van der Waals surface area contributed by atoms with E-state index in [2.05, 4.69) is 66.4 Å². The maximum atomic E-state index is 6.44. The van der Waals surface area contributed by atoms with E-state index < -0.39 is 0 Å². The fourth-order valence-electron chi connectivity index (χ4n) is 3.34. The van der Waals surface area contributed by atoms with Crippen LogP contribution in [0.2, 0.25) is 5.31 Å². The summed E-state index contributed by atoms with van der Waals surface area (Å²) >= 11 is 0. The molecule has 1 aliphatic carbocycles. The second-order valence-corrected chi connectivity index (χ2v) is 8.95. The van der Waals surface area contributed by atoms with Gasteiger partial charge in [0.1, 0.15) is 0 Å². The van der Waals surface area contributed by atoms with Gasteiger partial charge in [-0.05, 0) is 49.8 Å². The first kappa shape index (κ1) is 22.4. The zero-order valence-electron chi connectivity index (χ0n) is 18.0. The Kier molecular flexibility index (Phi) is 9.95. The van der Waals surface area contributed by atoms with Crippen molar-refractivity contribution in [2.75, 3.05) is 0 Å². The lowest BCUT2D eigenvalue weighted by Crippen LogP contribution is -2.39. The molecule has 1 rings (SSSR count). The normalized spacial score (nSPS) is 16.9. The van der Waals surface area contributed by atoms with Crippen molar-refractivity contribution in [3.05, 3.63) is 11.5 Å². The molecule has 0 radical (unpaired) electrons. The zero-order chi connectivity index (χ0) is 18.9. The molecule has 0 saturated heterocycles. The molecule has 1 aliphatic rings. The molecule has 0 aromatic rings. The number of rotatable bonds is 8. The van der Waals surface area contributed by atoms with E-state index in [-0.39, 0.29) is 18.3 Å². The van der Waals surface area contributed by atoms with Gasteiger partial charge in [-0.25, -0.2) is 0 Å². The van der Waals surface area contributed by atoms with Crippen LogP contribution in [0.25, 0.3) is 0 Å². The van der Waals surface area contributed by atoms with Crippen LogP contribution in [0.5, 0.6) is 0 Å². The molecule has 0 aliphatic heterocycles. The van der Waals surface area contributed by atoms with Crippen LogP contribution in [0.15, 0.2) is 11.5 Å². The second kappa shape index (κ2) is 11.1. The van der Waals surface area contributed by atoms with Gasteiger partial charge in [0.25, 0.3) is 0 Å². The molecule has 0 unspecified atom stereocenters. The topological polar surface area (TPSA) is 9.23 Å². The third-order valence-corrected chi connectivity index (χ3v) is 5.80. The van der Waals surface area contributed by atoms with Crippen molar-refractivity contribution in [3.8, 4) is 11.8 Å². The van der Waals surface area contributed by atoms with Crippen LogP contribution in [0.3, 0.4) is 0 Å². The fourth-order valence-corrected chi connectivity index (χ4v) is 3.34. The van der Waals surface area contributed by atoms with Gasteiger partial charge in [0.15, 0.2) is 0 Å². The molecule has 142 valence electrons. The third-order valence-electron chi connectivity index (χ3n) is 5.80. The Balaban J connectivity index is 3.10. The van der Waals surface area contributed by atoms with Gasteiger partial charge in [0.05, 0.1) is 0 Å². The zero-order valence-corrected chi connectivity index (χ0v) is 18.0. The molecular weight excluding hydrogens is 303 g/mol. The van der Waals surface area contributed by atoms with Crippen LogP contribution in [0, 0.1) is 23.7 Å². The minimum absolute atomic E-state index is 0.0730. The Morgan fingerprint density at radius 2 is 1.80 bits per heavy atom. The van der Waals surface area contributed by atoms with Crippen molar-refractivity contribution in [1.29, 1.82) is 0 Å². The predicted octanol–water partition coefficient (Wildman–Crippen LogP) is 7.08. The van der Waals surface area contributed by atoms with Crippen LogP contribution in [0.1, 0.15) is 99.8 Å². The lowest BCUT2D eigenvalue weighted by Gasteiger charge is -2.36. The smallest absolute Gasteiger partial charge is 0.341 e. The molecule has 2 heteroatoms. The van der Waals surface area contributed by atoms with Crippen molar-refractivity contribution in [1.82, 2.24) is 0 Å². The third kappa shape index (κ3) is 7.61. The van der Waals surface area contributed by atoms with Crippen molar-refractivity contribution in [2.24, 2.45) is 11.8 Å². The summed E-state index contributed by atoms with van der Waals surface area (Å²) in [6, 6.07) is 0. The Morgan fingerprint density at radius 1 is 1.16 bits per heavy atom. The standard InChI is InChI=1S/C23H41BO/c1-8-9-11-16-22(18-17-21-14-12-10-13-15-21)24(25-20(4)5)23(6,7)19(2)3/h16,19-21H,8-15H2,1-7H3/b22-16-. The molecule has 0 N–H and O–H groups in total. The quantitative estimate of drug-likeness (QED) is 0.260. The van der Waals surface area contributed by atoms with Gasteiger partial charge in [-0.1, -0.05) is 84.6 Å². The molecule has 0 aromatic carbocycles. The summed E-state index contributed by atoms with van der Waals surface area (Å²) in [5, 5.41) is 0.0730. The van der Waals surface area contributed by atoms with Gasteiger partial charge in [-0.2, -0.15) is 0 Å². The highest BCUT2D eigenvalue weighted by Gasteiger charge is 2.40. The van der Waals surface area contributed by atoms with Gasteiger partial charge < -0.3 is 4.65 Å². The largest absolute Gasteiger partial charge is 0.428 e. The summed E-state index contributed by atoms with van der Waals surface area (Å²) in [5.74, 6) is 8.35. The Morgan fingerprint density at radius 3 is 2.32 bits per heavy atom. The average Bonchev–Trinajstić information content (AvgIpc) is 2.56.